The van der Waals surface area contributed by atoms with Crippen LogP contribution in [-0.4, -0.2) is 29.3 Å². The van der Waals surface area contributed by atoms with E-state index in [1.54, 1.807) is 14.2 Å². The first-order chi connectivity index (χ1) is 7.33. The molecule has 2 N–H and O–H groups in total. The summed E-state index contributed by atoms with van der Waals surface area (Å²) in [5.41, 5.74) is 6.86. The van der Waals surface area contributed by atoms with Gasteiger partial charge in [0.25, 0.3) is 0 Å². The maximum Gasteiger partial charge on any atom is 0.340 e. The molecule has 0 aliphatic carbocycles. The lowest BCUT2D eigenvalue weighted by Crippen LogP contribution is -2.47. The van der Waals surface area contributed by atoms with Gasteiger partial charge >= 0.3 is 8.56 Å². The second-order valence-electron chi connectivity index (χ2n) is 5.04. The molecule has 3 nitrogen and oxygen atoms in total. The molecule has 0 aromatic rings. The Balaban J connectivity index is 4.66. The maximum absolute atomic E-state index is 5.62. The smallest absolute Gasteiger partial charge is 0.340 e. The third-order valence-corrected chi connectivity index (χ3v) is 7.58. The topological polar surface area (TPSA) is 44.5 Å². The first-order valence-electron chi connectivity index (χ1n) is 5.79. The fraction of sp³-hybridized carbons (Fsp3) is 0.833. The van der Waals surface area contributed by atoms with Gasteiger partial charge in [-0.2, -0.15) is 0 Å². The van der Waals surface area contributed by atoms with Crippen LogP contribution in [0.25, 0.3) is 0 Å². The Bertz CT molecular complexity index is 235. The average Bonchev–Trinajstić information content (AvgIpc) is 2.24. The maximum atomic E-state index is 5.62. The van der Waals surface area contributed by atoms with E-state index in [1.165, 1.54) is 5.57 Å². The van der Waals surface area contributed by atoms with E-state index in [9.17, 15) is 0 Å². The quantitative estimate of drug-likeness (QED) is 0.554. The van der Waals surface area contributed by atoms with E-state index >= 15 is 0 Å². The van der Waals surface area contributed by atoms with E-state index < -0.39 is 8.56 Å². The molecule has 0 atom stereocenters. The van der Waals surface area contributed by atoms with Crippen molar-refractivity contribution in [2.45, 2.75) is 45.2 Å². The summed E-state index contributed by atoms with van der Waals surface area (Å²) < 4.78 is 11.2. The molecule has 0 aromatic carbocycles. The van der Waals surface area contributed by atoms with Crippen LogP contribution in [-0.2, 0) is 8.85 Å². The van der Waals surface area contributed by atoms with Crippen molar-refractivity contribution >= 4 is 8.56 Å². The predicted molar refractivity (Wildman–Crippen MR) is 71.7 cm³/mol. The Morgan fingerprint density at radius 1 is 1.31 bits per heavy atom. The van der Waals surface area contributed by atoms with Crippen LogP contribution in [0.5, 0.6) is 0 Å². The van der Waals surface area contributed by atoms with Crippen LogP contribution >= 0.6 is 0 Å². The van der Waals surface area contributed by atoms with Gasteiger partial charge in [-0.05, 0) is 32.9 Å². The van der Waals surface area contributed by atoms with Gasteiger partial charge in [0.15, 0.2) is 0 Å². The summed E-state index contributed by atoms with van der Waals surface area (Å²) in [5, 5.41) is 0.0612. The zero-order chi connectivity index (χ0) is 12.8. The number of nitrogens with two attached hydrogens (primary N) is 1. The minimum atomic E-state index is -2.10. The summed E-state index contributed by atoms with van der Waals surface area (Å²) in [5.74, 6) is 0. The average molecular weight is 245 g/mol. The normalized spacial score (nSPS) is 14.3. The van der Waals surface area contributed by atoms with Gasteiger partial charge in [0.05, 0.1) is 0 Å². The van der Waals surface area contributed by atoms with E-state index in [0.29, 0.717) is 6.54 Å². The fourth-order valence-corrected chi connectivity index (χ4v) is 3.77. The predicted octanol–water partition coefficient (Wildman–Crippen LogP) is 2.82. The molecule has 0 amide bonds. The van der Waals surface area contributed by atoms with Crippen LogP contribution in [0.4, 0.5) is 0 Å². The number of rotatable bonds is 7. The SMILES string of the molecule is CO[Si](C)(OC)C(C)(C)CC(C)=CCCN. The van der Waals surface area contributed by atoms with Crippen LogP contribution in [0, 0.1) is 0 Å². The Labute approximate surface area is 101 Å². The molecule has 16 heavy (non-hydrogen) atoms. The highest BCUT2D eigenvalue weighted by Crippen LogP contribution is 2.43. The molecule has 0 unspecified atom stereocenters. The molecule has 0 radical (unpaired) electrons. The molecule has 0 aliphatic rings. The molecule has 4 heteroatoms. The molecule has 0 bridgehead atoms. The van der Waals surface area contributed by atoms with Crippen molar-refractivity contribution in [2.75, 3.05) is 20.8 Å². The Hall–Kier alpha value is -0.163. The van der Waals surface area contributed by atoms with Crippen molar-refractivity contribution in [3.8, 4) is 0 Å². The van der Waals surface area contributed by atoms with Crippen molar-refractivity contribution in [3.05, 3.63) is 11.6 Å². The van der Waals surface area contributed by atoms with Crippen molar-refractivity contribution in [2.24, 2.45) is 5.73 Å². The highest BCUT2D eigenvalue weighted by Gasteiger charge is 2.46. The van der Waals surface area contributed by atoms with E-state index in [0.717, 1.165) is 12.8 Å². The summed E-state index contributed by atoms with van der Waals surface area (Å²) >= 11 is 0. The van der Waals surface area contributed by atoms with Crippen molar-refractivity contribution < 1.29 is 8.85 Å². The molecule has 96 valence electrons. The first kappa shape index (κ1) is 15.8. The van der Waals surface area contributed by atoms with Crippen LogP contribution in [0.1, 0.15) is 33.6 Å². The van der Waals surface area contributed by atoms with E-state index in [2.05, 4.69) is 33.4 Å². The fourth-order valence-electron chi connectivity index (χ4n) is 1.90. The second-order valence-corrected chi connectivity index (χ2v) is 9.10. The number of allylic oxidation sites excluding steroid dienone is 1. The van der Waals surface area contributed by atoms with Crippen molar-refractivity contribution in [1.29, 1.82) is 0 Å². The van der Waals surface area contributed by atoms with Gasteiger partial charge in [-0.3, -0.25) is 0 Å². The van der Waals surface area contributed by atoms with E-state index in [-0.39, 0.29) is 5.04 Å². The molecule has 0 rings (SSSR count). The highest BCUT2D eigenvalue weighted by molar-refractivity contribution is 6.69. The summed E-state index contributed by atoms with van der Waals surface area (Å²) in [6.45, 7) is 9.40. The molecular formula is C12H27NO2Si. The van der Waals surface area contributed by atoms with Crippen molar-refractivity contribution in [1.82, 2.24) is 0 Å². The zero-order valence-corrected chi connectivity index (χ0v) is 12.6. The van der Waals surface area contributed by atoms with Crippen LogP contribution in [0.3, 0.4) is 0 Å². The highest BCUT2D eigenvalue weighted by atomic mass is 28.4. The van der Waals surface area contributed by atoms with Gasteiger partial charge < -0.3 is 14.6 Å². The molecule has 0 saturated carbocycles. The monoisotopic (exact) mass is 245 g/mol. The molecule has 0 heterocycles. The number of hydrogen-bond acceptors (Lipinski definition) is 3. The van der Waals surface area contributed by atoms with Crippen LogP contribution < -0.4 is 5.73 Å². The Morgan fingerprint density at radius 2 is 1.81 bits per heavy atom. The molecule has 0 fully saturated rings. The van der Waals surface area contributed by atoms with Gasteiger partial charge in [-0.1, -0.05) is 25.5 Å². The van der Waals surface area contributed by atoms with E-state index in [4.69, 9.17) is 14.6 Å². The lowest BCUT2D eigenvalue weighted by Gasteiger charge is -2.39. The molecule has 0 aliphatic heterocycles. The van der Waals surface area contributed by atoms with Gasteiger partial charge in [0.2, 0.25) is 0 Å². The standard InChI is InChI=1S/C12H27NO2Si/c1-11(8-7-9-13)10-12(2,3)16(6,14-4)15-5/h8H,7,9-10,13H2,1-6H3. The van der Waals surface area contributed by atoms with E-state index in [1.807, 2.05) is 0 Å². The van der Waals surface area contributed by atoms with Crippen LogP contribution in [0.2, 0.25) is 11.6 Å². The van der Waals surface area contributed by atoms with Gasteiger partial charge in [0.1, 0.15) is 0 Å². The summed E-state index contributed by atoms with van der Waals surface area (Å²) in [6.07, 6.45) is 4.15. The first-order valence-corrected chi connectivity index (χ1v) is 8.10. The molecule has 0 spiro atoms. The Morgan fingerprint density at radius 3 is 2.19 bits per heavy atom. The third kappa shape index (κ3) is 4.01. The number of hydrogen-bond donors (Lipinski definition) is 1. The molecular weight excluding hydrogens is 218 g/mol. The minimum absolute atomic E-state index is 0.0612. The lowest BCUT2D eigenvalue weighted by molar-refractivity contribution is 0.217. The summed E-state index contributed by atoms with van der Waals surface area (Å²) in [7, 11) is 1.39. The lowest BCUT2D eigenvalue weighted by atomic mass is 10.0. The van der Waals surface area contributed by atoms with Crippen LogP contribution in [0.15, 0.2) is 11.6 Å². The second kappa shape index (κ2) is 6.54. The summed E-state index contributed by atoms with van der Waals surface area (Å²) in [6, 6.07) is 0. The Kier molecular flexibility index (Phi) is 6.48. The summed E-state index contributed by atoms with van der Waals surface area (Å²) in [4.78, 5) is 0. The molecule has 0 aromatic heterocycles. The van der Waals surface area contributed by atoms with Crippen molar-refractivity contribution in [3.63, 3.8) is 0 Å². The van der Waals surface area contributed by atoms with Gasteiger partial charge in [0, 0.05) is 19.3 Å². The zero-order valence-electron chi connectivity index (χ0n) is 11.6. The molecule has 0 saturated heterocycles. The third-order valence-electron chi connectivity index (χ3n) is 3.39. The minimum Gasteiger partial charge on any atom is -0.397 e. The largest absolute Gasteiger partial charge is 0.397 e. The van der Waals surface area contributed by atoms with Gasteiger partial charge in [-0.15, -0.1) is 0 Å². The van der Waals surface area contributed by atoms with Gasteiger partial charge in [-0.25, -0.2) is 0 Å².